The normalized spacial score (nSPS) is 27.7. The van der Waals surface area contributed by atoms with Gasteiger partial charge in [0.15, 0.2) is 11.4 Å². The van der Waals surface area contributed by atoms with Crippen LogP contribution in [0.1, 0.15) is 42.4 Å². The first-order chi connectivity index (χ1) is 20.5. The van der Waals surface area contributed by atoms with Crippen LogP contribution in [0.4, 0.5) is 18.9 Å². The highest BCUT2D eigenvalue weighted by Gasteiger charge is 2.64. The molecule has 238 valence electrons. The van der Waals surface area contributed by atoms with Crippen molar-refractivity contribution in [2.24, 2.45) is 17.6 Å². The highest BCUT2D eigenvalue weighted by Crippen LogP contribution is 2.55. The lowest BCUT2D eigenvalue weighted by molar-refractivity contribution is -0.153. The van der Waals surface area contributed by atoms with Crippen LogP contribution in [0.3, 0.4) is 0 Å². The second-order valence-electron chi connectivity index (χ2n) is 12.0. The predicted octanol–water partition coefficient (Wildman–Crippen LogP) is 1.41. The monoisotopic (exact) mass is 622 g/mol. The van der Waals surface area contributed by atoms with Gasteiger partial charge in [0.1, 0.15) is 22.8 Å². The number of nitrogens with two attached hydrogens (primary N) is 1. The number of hydrogen-bond donors (Lipinski definition) is 6. The third-order valence-electron chi connectivity index (χ3n) is 9.12. The number of hydrogen-bond acceptors (Lipinski definition) is 10. The topological polar surface area (TPSA) is 194 Å². The first-order valence-corrected chi connectivity index (χ1v) is 14.1. The van der Waals surface area contributed by atoms with Gasteiger partial charge in [-0.25, -0.2) is 0 Å². The predicted molar refractivity (Wildman–Crippen MR) is 148 cm³/mol. The van der Waals surface area contributed by atoms with Crippen LogP contribution in [0.25, 0.3) is 5.76 Å². The van der Waals surface area contributed by atoms with E-state index < -0.39 is 110 Å². The molecule has 0 aromatic heterocycles. The highest BCUT2D eigenvalue weighted by molar-refractivity contribution is 6.24. The molecule has 2 amide bonds. The number of nitrogens with zero attached hydrogens (tertiary/aromatic N) is 2. The first kappa shape index (κ1) is 31.5. The number of primary amides is 1. The summed E-state index contributed by atoms with van der Waals surface area (Å²) >= 11 is 0. The van der Waals surface area contributed by atoms with Gasteiger partial charge in [-0.3, -0.25) is 29.0 Å². The Balaban J connectivity index is 1.65. The van der Waals surface area contributed by atoms with Crippen LogP contribution in [0, 0.1) is 11.8 Å². The maximum absolute atomic E-state index is 14.4. The summed E-state index contributed by atoms with van der Waals surface area (Å²) in [5, 5.41) is 47.3. The summed E-state index contributed by atoms with van der Waals surface area (Å²) in [7, 11) is 2.82. The minimum absolute atomic E-state index is 0.139. The summed E-state index contributed by atoms with van der Waals surface area (Å²) in [6.45, 7) is 1.10. The van der Waals surface area contributed by atoms with Gasteiger partial charge >= 0.3 is 6.18 Å². The van der Waals surface area contributed by atoms with Crippen LogP contribution in [0.15, 0.2) is 23.0 Å². The zero-order chi connectivity index (χ0) is 32.5. The zero-order valence-electron chi connectivity index (χ0n) is 24.0. The van der Waals surface area contributed by atoms with E-state index in [0.29, 0.717) is 19.2 Å². The Labute approximate surface area is 249 Å². The lowest BCUT2D eigenvalue weighted by atomic mass is 9.57. The molecule has 1 heterocycles. The Hall–Kier alpha value is -3.95. The maximum Gasteiger partial charge on any atom is 0.416 e. The molecule has 2 fully saturated rings. The zero-order valence-corrected chi connectivity index (χ0v) is 24.0. The third kappa shape index (κ3) is 4.82. The van der Waals surface area contributed by atoms with E-state index in [4.69, 9.17) is 5.73 Å². The van der Waals surface area contributed by atoms with Crippen LogP contribution in [-0.2, 0) is 31.8 Å². The Bertz CT molecular complexity index is 1530. The van der Waals surface area contributed by atoms with Gasteiger partial charge in [-0.2, -0.15) is 13.2 Å². The standard InChI is InChI=1S/C29H33F3N4O8/c1-35(2)21-15-9-12-8-13-14(29(30,31)32)10-16(34-17(37)11-36-6-4-3-5-7-36)22(38)19(13)23(39)18(12)25(41)28(15,44)26(42)20(24(21)40)27(33)43/h10,12,15,21,38-39,42,44H,3-9,11H2,1-2H3,(H2,33,43)(H,34,37)/t12-,15-,21-,28-/m0/s1. The van der Waals surface area contributed by atoms with Crippen LogP contribution < -0.4 is 11.1 Å². The fraction of sp³-hybridized carbons (Fsp3) is 0.517. The molecule has 5 rings (SSSR count). The molecule has 4 aliphatic rings. The lowest BCUT2D eigenvalue weighted by Crippen LogP contribution is -2.65. The second kappa shape index (κ2) is 10.9. The number of fused-ring (bicyclic) bond motifs is 3. The van der Waals surface area contributed by atoms with Gasteiger partial charge in [-0.15, -0.1) is 0 Å². The number of piperidine rings is 1. The van der Waals surface area contributed by atoms with Crippen molar-refractivity contribution in [2.75, 3.05) is 39.0 Å². The molecule has 1 aromatic carbocycles. The number of aliphatic hydroxyl groups is 3. The summed E-state index contributed by atoms with van der Waals surface area (Å²) in [5.41, 5.74) is -2.46. The van der Waals surface area contributed by atoms with Gasteiger partial charge in [-0.05, 0) is 70.4 Å². The Morgan fingerprint density at radius 3 is 2.34 bits per heavy atom. The number of benzene rings is 1. The number of anilines is 1. The average Bonchev–Trinajstić information content (AvgIpc) is 2.91. The molecule has 4 atom stereocenters. The summed E-state index contributed by atoms with van der Waals surface area (Å²) < 4.78 is 43.2. The van der Waals surface area contributed by atoms with E-state index in [9.17, 15) is 52.8 Å². The maximum atomic E-state index is 14.4. The van der Waals surface area contributed by atoms with Crippen molar-refractivity contribution in [3.63, 3.8) is 0 Å². The number of phenolic OH excluding ortho intramolecular Hbond substituents is 1. The van der Waals surface area contributed by atoms with Gasteiger partial charge in [0.25, 0.3) is 5.91 Å². The van der Waals surface area contributed by atoms with Gasteiger partial charge in [0, 0.05) is 11.5 Å². The molecule has 0 unspecified atom stereocenters. The molecule has 0 spiro atoms. The molecule has 3 aliphatic carbocycles. The lowest BCUT2D eigenvalue weighted by Gasteiger charge is -2.50. The van der Waals surface area contributed by atoms with Crippen LogP contribution in [0.5, 0.6) is 5.75 Å². The fourth-order valence-electron chi connectivity index (χ4n) is 7.17. The van der Waals surface area contributed by atoms with Gasteiger partial charge < -0.3 is 31.5 Å². The Morgan fingerprint density at radius 1 is 1.14 bits per heavy atom. The molecule has 44 heavy (non-hydrogen) atoms. The molecule has 0 bridgehead atoms. The number of carbonyl (C=O) groups is 4. The van der Waals surface area contributed by atoms with E-state index in [1.54, 1.807) is 0 Å². The number of aromatic hydroxyl groups is 1. The first-order valence-electron chi connectivity index (χ1n) is 14.1. The van der Waals surface area contributed by atoms with E-state index in [1.807, 2.05) is 4.90 Å². The number of alkyl halides is 3. The largest absolute Gasteiger partial charge is 0.508 e. The molecule has 1 aromatic rings. The molecular formula is C29H33F3N4O8. The molecular weight excluding hydrogens is 589 g/mol. The number of ketones is 2. The summed E-state index contributed by atoms with van der Waals surface area (Å²) in [5.74, 6) is -10.4. The smallest absolute Gasteiger partial charge is 0.416 e. The van der Waals surface area contributed by atoms with E-state index in [2.05, 4.69) is 5.32 Å². The summed E-state index contributed by atoms with van der Waals surface area (Å²) in [6, 6.07) is -0.803. The molecule has 1 saturated heterocycles. The Morgan fingerprint density at radius 2 is 1.77 bits per heavy atom. The average molecular weight is 623 g/mol. The number of phenols is 1. The van der Waals surface area contributed by atoms with E-state index in [-0.39, 0.29) is 13.0 Å². The minimum atomic E-state index is -5.01. The number of halogens is 3. The molecule has 7 N–H and O–H groups in total. The van der Waals surface area contributed by atoms with Crippen LogP contribution >= 0.6 is 0 Å². The van der Waals surface area contributed by atoms with Gasteiger partial charge in [-0.1, -0.05) is 6.42 Å². The van der Waals surface area contributed by atoms with E-state index in [1.165, 1.54) is 19.0 Å². The van der Waals surface area contributed by atoms with Crippen molar-refractivity contribution in [1.82, 2.24) is 9.80 Å². The quantitative estimate of drug-likeness (QED) is 0.207. The van der Waals surface area contributed by atoms with Crippen molar-refractivity contribution >= 4 is 34.8 Å². The Kier molecular flexibility index (Phi) is 7.79. The van der Waals surface area contributed by atoms with E-state index in [0.717, 1.165) is 19.3 Å². The molecule has 12 nitrogen and oxygen atoms in total. The number of amides is 2. The third-order valence-corrected chi connectivity index (χ3v) is 9.12. The minimum Gasteiger partial charge on any atom is -0.508 e. The highest BCUT2D eigenvalue weighted by atomic mass is 19.4. The molecule has 15 heteroatoms. The molecule has 0 radical (unpaired) electrons. The number of rotatable bonds is 5. The number of aliphatic hydroxyl groups excluding tert-OH is 2. The second-order valence-corrected chi connectivity index (χ2v) is 12.0. The number of likely N-dealkylation sites (tertiary alicyclic amines) is 1. The summed E-state index contributed by atoms with van der Waals surface area (Å²) in [6.07, 6.45) is -3.21. The SMILES string of the molecule is CN(C)[C@@H]1C(=O)C(C(N)=O)=C(O)[C@@]2(O)C(=O)C3=C(O)c4c(O)c(NC(=O)CN5CCCCC5)cc(C(F)(F)F)c4C[C@H]3C[C@@H]12. The number of Topliss-reactive ketones (excluding diaryl/α,β-unsaturated/α-hetero) is 2. The van der Waals surface area contributed by atoms with Crippen molar-refractivity contribution in [2.45, 2.75) is 49.9 Å². The fourth-order valence-corrected chi connectivity index (χ4v) is 7.17. The molecule has 1 aliphatic heterocycles. The van der Waals surface area contributed by atoms with E-state index >= 15 is 0 Å². The number of carbonyl (C=O) groups excluding carboxylic acids is 4. The number of nitrogens with one attached hydrogen (secondary N) is 1. The van der Waals surface area contributed by atoms with Gasteiger partial charge in [0.05, 0.1) is 29.4 Å². The van der Waals surface area contributed by atoms with Crippen molar-refractivity contribution < 1.29 is 52.8 Å². The van der Waals surface area contributed by atoms with Gasteiger partial charge in [0.2, 0.25) is 11.7 Å². The number of likely N-dealkylation sites (N-methyl/N-ethyl adjacent to an activating group) is 1. The van der Waals surface area contributed by atoms with Crippen molar-refractivity contribution in [3.8, 4) is 5.75 Å². The summed E-state index contributed by atoms with van der Waals surface area (Å²) in [4.78, 5) is 55.1. The van der Waals surface area contributed by atoms with Crippen LogP contribution in [0.2, 0.25) is 0 Å². The van der Waals surface area contributed by atoms with Crippen LogP contribution in [-0.4, -0.2) is 99.0 Å². The molecule has 1 saturated carbocycles. The van der Waals surface area contributed by atoms with Crippen molar-refractivity contribution in [3.05, 3.63) is 39.7 Å². The van der Waals surface area contributed by atoms with Crippen molar-refractivity contribution in [1.29, 1.82) is 0 Å².